The van der Waals surface area contributed by atoms with Crippen molar-refractivity contribution in [2.24, 2.45) is 4.99 Å². The van der Waals surface area contributed by atoms with Crippen molar-refractivity contribution in [3.8, 4) is 0 Å². The van der Waals surface area contributed by atoms with Gasteiger partial charge < -0.3 is 16.0 Å². The molecule has 0 atom stereocenters. The number of amides is 1. The molecule has 0 fully saturated rings. The Labute approximate surface area is 154 Å². The zero-order chi connectivity index (χ0) is 18.3. The van der Waals surface area contributed by atoms with Gasteiger partial charge in [-0.25, -0.2) is 4.39 Å². The Hall–Kier alpha value is -1.76. The third-order valence-electron chi connectivity index (χ3n) is 3.36. The highest BCUT2D eigenvalue weighted by atomic mass is 32.2. The number of nitrogens with zero attached hydrogens (tertiary/aromatic N) is 1. The second-order valence-electron chi connectivity index (χ2n) is 5.54. The number of unbranched alkanes of at least 4 members (excludes halogenated alkanes) is 1. The van der Waals surface area contributed by atoms with Crippen LogP contribution in [0.1, 0.15) is 25.3 Å². The van der Waals surface area contributed by atoms with Crippen LogP contribution in [0.5, 0.6) is 0 Å². The van der Waals surface area contributed by atoms with Gasteiger partial charge in [0.25, 0.3) is 0 Å². The number of rotatable bonds is 11. The van der Waals surface area contributed by atoms with Gasteiger partial charge >= 0.3 is 0 Å². The van der Waals surface area contributed by atoms with E-state index in [1.165, 1.54) is 18.6 Å². The topological polar surface area (TPSA) is 65.5 Å². The number of carbonyl (C=O) groups is 1. The number of thioether (sulfide) groups is 1. The van der Waals surface area contributed by atoms with Gasteiger partial charge in [0.05, 0.1) is 6.42 Å². The Morgan fingerprint density at radius 2 is 2.00 bits per heavy atom. The highest BCUT2D eigenvalue weighted by molar-refractivity contribution is 7.98. The van der Waals surface area contributed by atoms with E-state index < -0.39 is 0 Å². The average molecular weight is 369 g/mol. The number of benzene rings is 1. The standard InChI is InChI=1S/C18H29FN4OS/c1-3-20-18(22-9-4-5-12-25-2)23-11-10-21-17(24)14-15-7-6-8-16(19)13-15/h6-8,13H,3-5,9-12,14H2,1-2H3,(H,21,24)(H2,20,22,23). The van der Waals surface area contributed by atoms with E-state index in [1.807, 2.05) is 18.7 Å². The molecule has 0 aromatic heterocycles. The van der Waals surface area contributed by atoms with Crippen LogP contribution in [-0.2, 0) is 11.2 Å². The van der Waals surface area contributed by atoms with E-state index in [4.69, 9.17) is 0 Å². The van der Waals surface area contributed by atoms with Crippen LogP contribution in [0.15, 0.2) is 29.3 Å². The molecule has 25 heavy (non-hydrogen) atoms. The first kappa shape index (κ1) is 21.3. The Kier molecular flexibility index (Phi) is 11.5. The molecule has 140 valence electrons. The van der Waals surface area contributed by atoms with Crippen molar-refractivity contribution in [3.63, 3.8) is 0 Å². The molecule has 0 bridgehead atoms. The highest BCUT2D eigenvalue weighted by Crippen LogP contribution is 2.03. The molecule has 7 heteroatoms. The molecule has 0 spiro atoms. The molecule has 0 radical (unpaired) electrons. The van der Waals surface area contributed by atoms with E-state index >= 15 is 0 Å². The predicted molar refractivity (Wildman–Crippen MR) is 105 cm³/mol. The van der Waals surface area contributed by atoms with Crippen LogP contribution in [0.25, 0.3) is 0 Å². The summed E-state index contributed by atoms with van der Waals surface area (Å²) in [6, 6.07) is 6.10. The smallest absolute Gasteiger partial charge is 0.224 e. The fourth-order valence-electron chi connectivity index (χ4n) is 2.17. The average Bonchev–Trinajstić information content (AvgIpc) is 2.58. The number of hydrogen-bond donors (Lipinski definition) is 3. The lowest BCUT2D eigenvalue weighted by Crippen LogP contribution is -2.41. The van der Waals surface area contributed by atoms with Crippen LogP contribution in [0.4, 0.5) is 4.39 Å². The Bertz CT molecular complexity index is 540. The summed E-state index contributed by atoms with van der Waals surface area (Å²) in [4.78, 5) is 16.4. The Morgan fingerprint density at radius 1 is 1.20 bits per heavy atom. The maximum atomic E-state index is 13.1. The van der Waals surface area contributed by atoms with Gasteiger partial charge in [0, 0.05) is 26.2 Å². The van der Waals surface area contributed by atoms with Crippen molar-refractivity contribution >= 4 is 23.6 Å². The predicted octanol–water partition coefficient (Wildman–Crippen LogP) is 2.18. The molecule has 0 saturated heterocycles. The minimum absolute atomic E-state index is 0.119. The summed E-state index contributed by atoms with van der Waals surface area (Å²) in [7, 11) is 0. The Balaban J connectivity index is 2.23. The molecular formula is C18H29FN4OS. The summed E-state index contributed by atoms with van der Waals surface area (Å²) in [5.74, 6) is 1.49. The van der Waals surface area contributed by atoms with Crippen molar-refractivity contribution in [3.05, 3.63) is 35.6 Å². The number of hydrogen-bond acceptors (Lipinski definition) is 3. The summed E-state index contributed by atoms with van der Waals surface area (Å²) in [5, 5.41) is 9.21. The molecule has 0 unspecified atom stereocenters. The third-order valence-corrected chi connectivity index (χ3v) is 4.06. The van der Waals surface area contributed by atoms with E-state index in [-0.39, 0.29) is 18.1 Å². The molecule has 5 nitrogen and oxygen atoms in total. The summed E-state index contributed by atoms with van der Waals surface area (Å²) in [6.45, 7) is 4.69. The van der Waals surface area contributed by atoms with Gasteiger partial charge in [0.15, 0.2) is 5.96 Å². The van der Waals surface area contributed by atoms with Crippen LogP contribution in [0.2, 0.25) is 0 Å². The van der Waals surface area contributed by atoms with Crippen molar-refractivity contribution in [2.75, 3.05) is 38.2 Å². The van der Waals surface area contributed by atoms with E-state index in [1.54, 1.807) is 12.1 Å². The number of carbonyl (C=O) groups excluding carboxylic acids is 1. The molecular weight excluding hydrogens is 339 g/mol. The highest BCUT2D eigenvalue weighted by Gasteiger charge is 2.04. The van der Waals surface area contributed by atoms with E-state index in [2.05, 4.69) is 27.2 Å². The number of nitrogens with one attached hydrogen (secondary N) is 3. The zero-order valence-electron chi connectivity index (χ0n) is 15.1. The maximum absolute atomic E-state index is 13.1. The van der Waals surface area contributed by atoms with Gasteiger partial charge in [0.2, 0.25) is 5.91 Å². The molecule has 1 rings (SSSR count). The van der Waals surface area contributed by atoms with Crippen LogP contribution in [0, 0.1) is 5.82 Å². The lowest BCUT2D eigenvalue weighted by molar-refractivity contribution is -0.120. The summed E-state index contributed by atoms with van der Waals surface area (Å²) in [5.41, 5.74) is 0.672. The summed E-state index contributed by atoms with van der Waals surface area (Å²) < 4.78 is 13.1. The maximum Gasteiger partial charge on any atom is 0.224 e. The first-order valence-corrected chi connectivity index (χ1v) is 10.1. The number of guanidine groups is 1. The van der Waals surface area contributed by atoms with E-state index in [9.17, 15) is 9.18 Å². The summed E-state index contributed by atoms with van der Waals surface area (Å²) in [6.07, 6.45) is 4.53. The normalized spacial score (nSPS) is 11.2. The second kappa shape index (κ2) is 13.5. The molecule has 3 N–H and O–H groups in total. The van der Waals surface area contributed by atoms with Crippen LogP contribution in [0.3, 0.4) is 0 Å². The lowest BCUT2D eigenvalue weighted by atomic mass is 10.1. The van der Waals surface area contributed by atoms with Crippen LogP contribution < -0.4 is 16.0 Å². The van der Waals surface area contributed by atoms with Gasteiger partial charge in [0.1, 0.15) is 5.82 Å². The van der Waals surface area contributed by atoms with Crippen molar-refractivity contribution in [1.82, 2.24) is 16.0 Å². The third kappa shape index (κ3) is 10.7. The number of halogens is 1. The minimum Gasteiger partial charge on any atom is -0.357 e. The van der Waals surface area contributed by atoms with Crippen molar-refractivity contribution in [2.45, 2.75) is 26.2 Å². The zero-order valence-corrected chi connectivity index (χ0v) is 15.9. The quantitative estimate of drug-likeness (QED) is 0.318. The minimum atomic E-state index is -0.323. The molecule has 1 aromatic carbocycles. The summed E-state index contributed by atoms with van der Waals surface area (Å²) >= 11 is 1.85. The van der Waals surface area contributed by atoms with E-state index in [0.29, 0.717) is 18.7 Å². The Morgan fingerprint density at radius 3 is 2.72 bits per heavy atom. The monoisotopic (exact) mass is 368 g/mol. The molecule has 0 saturated carbocycles. The number of aliphatic imine (C=N–C) groups is 1. The van der Waals surface area contributed by atoms with Crippen LogP contribution >= 0.6 is 11.8 Å². The molecule has 0 aliphatic carbocycles. The van der Waals surface area contributed by atoms with Crippen molar-refractivity contribution in [1.29, 1.82) is 0 Å². The van der Waals surface area contributed by atoms with Gasteiger partial charge in [-0.15, -0.1) is 0 Å². The fourth-order valence-corrected chi connectivity index (χ4v) is 2.66. The lowest BCUT2D eigenvalue weighted by Gasteiger charge is -2.12. The molecule has 0 aliphatic rings. The molecule has 1 amide bonds. The molecule has 1 aromatic rings. The first-order valence-electron chi connectivity index (χ1n) is 8.68. The SMILES string of the molecule is CCNC(=NCCCCSC)NCCNC(=O)Cc1cccc(F)c1. The van der Waals surface area contributed by atoms with E-state index in [0.717, 1.165) is 31.2 Å². The van der Waals surface area contributed by atoms with Gasteiger partial charge in [-0.1, -0.05) is 12.1 Å². The largest absolute Gasteiger partial charge is 0.357 e. The molecule has 0 heterocycles. The van der Waals surface area contributed by atoms with Gasteiger partial charge in [-0.05, 0) is 49.5 Å². The fraction of sp³-hybridized carbons (Fsp3) is 0.556. The van der Waals surface area contributed by atoms with Crippen molar-refractivity contribution < 1.29 is 9.18 Å². The molecule has 0 aliphatic heterocycles. The van der Waals surface area contributed by atoms with Crippen LogP contribution in [-0.4, -0.2) is 50.1 Å². The van der Waals surface area contributed by atoms with Gasteiger partial charge in [-0.3, -0.25) is 9.79 Å². The first-order chi connectivity index (χ1) is 12.2. The van der Waals surface area contributed by atoms with Gasteiger partial charge in [-0.2, -0.15) is 11.8 Å². The second-order valence-corrected chi connectivity index (χ2v) is 6.53.